The van der Waals surface area contributed by atoms with Gasteiger partial charge in [-0.2, -0.15) is 0 Å². The van der Waals surface area contributed by atoms with E-state index in [-0.39, 0.29) is 11.9 Å². The van der Waals surface area contributed by atoms with Crippen molar-refractivity contribution in [1.29, 1.82) is 0 Å². The summed E-state index contributed by atoms with van der Waals surface area (Å²) in [5, 5.41) is 5.52. The Morgan fingerprint density at radius 3 is 2.31 bits per heavy atom. The van der Waals surface area contributed by atoms with Gasteiger partial charge in [-0.3, -0.25) is 13.9 Å². The number of anilines is 2. The van der Waals surface area contributed by atoms with E-state index in [1.54, 1.807) is 48.5 Å². The highest BCUT2D eigenvalue weighted by Crippen LogP contribution is 2.20. The molecule has 1 atom stereocenters. The average molecular weight is 529 g/mol. The Labute approximate surface area is 185 Å². The van der Waals surface area contributed by atoms with Crippen LogP contribution in [0, 0.1) is 3.57 Å². The van der Waals surface area contributed by atoms with E-state index in [1.165, 1.54) is 0 Å². The number of sulfonamides is 1. The molecule has 2 N–H and O–H groups in total. The highest BCUT2D eigenvalue weighted by atomic mass is 127. The molecule has 2 aromatic carbocycles. The molecule has 0 bridgehead atoms. The van der Waals surface area contributed by atoms with E-state index in [0.29, 0.717) is 16.9 Å². The van der Waals surface area contributed by atoms with Gasteiger partial charge in [0, 0.05) is 9.61 Å². The van der Waals surface area contributed by atoms with Crippen LogP contribution in [-0.2, 0) is 14.8 Å². The zero-order valence-electron chi connectivity index (χ0n) is 16.5. The predicted octanol–water partition coefficient (Wildman–Crippen LogP) is 3.22. The molecule has 0 aromatic heterocycles. The number of nitrogens with one attached hydrogen (secondary N) is 2. The maximum Gasteiger partial charge on any atom is 0.253 e. The second-order valence-corrected chi connectivity index (χ2v) is 9.78. The molecule has 29 heavy (non-hydrogen) atoms. The van der Waals surface area contributed by atoms with Crippen molar-refractivity contribution in [3.05, 3.63) is 57.7 Å². The van der Waals surface area contributed by atoms with Crippen molar-refractivity contribution in [2.45, 2.75) is 26.3 Å². The van der Waals surface area contributed by atoms with Gasteiger partial charge in [0.15, 0.2) is 0 Å². The fraction of sp³-hybridized carbons (Fsp3) is 0.300. The minimum Gasteiger partial charge on any atom is -0.350 e. The van der Waals surface area contributed by atoms with Crippen LogP contribution in [0.5, 0.6) is 0 Å². The molecule has 0 saturated heterocycles. The lowest BCUT2D eigenvalue weighted by molar-refractivity contribution is -0.114. The van der Waals surface area contributed by atoms with Crippen LogP contribution in [0.2, 0.25) is 0 Å². The molecule has 0 radical (unpaired) electrons. The Hall–Kier alpha value is -2.14. The van der Waals surface area contributed by atoms with Crippen molar-refractivity contribution in [2.75, 3.05) is 22.4 Å². The van der Waals surface area contributed by atoms with Gasteiger partial charge in [0.25, 0.3) is 5.91 Å². The minimum absolute atomic E-state index is 0.00661. The summed E-state index contributed by atoms with van der Waals surface area (Å²) in [6.45, 7) is 3.45. The molecule has 2 amide bonds. The zero-order valence-corrected chi connectivity index (χ0v) is 19.5. The topological polar surface area (TPSA) is 95.6 Å². The summed E-state index contributed by atoms with van der Waals surface area (Å²) in [5.74, 6) is -0.842. The first-order valence-electron chi connectivity index (χ1n) is 9.04. The number of hydrogen-bond acceptors (Lipinski definition) is 4. The molecular weight excluding hydrogens is 505 g/mol. The highest BCUT2D eigenvalue weighted by Gasteiger charge is 2.22. The van der Waals surface area contributed by atoms with Gasteiger partial charge < -0.3 is 10.6 Å². The van der Waals surface area contributed by atoms with Crippen molar-refractivity contribution >= 4 is 55.8 Å². The first kappa shape index (κ1) is 23.1. The summed E-state index contributed by atoms with van der Waals surface area (Å²) >= 11 is 2.12. The zero-order chi connectivity index (χ0) is 21.6. The molecule has 156 valence electrons. The Morgan fingerprint density at radius 1 is 1.10 bits per heavy atom. The van der Waals surface area contributed by atoms with Crippen LogP contribution in [-0.4, -0.2) is 39.1 Å². The summed E-state index contributed by atoms with van der Waals surface area (Å²) in [4.78, 5) is 25.1. The van der Waals surface area contributed by atoms with E-state index in [9.17, 15) is 18.0 Å². The van der Waals surface area contributed by atoms with Gasteiger partial charge in [-0.05, 0) is 72.3 Å². The smallest absolute Gasteiger partial charge is 0.253 e. The number of halogens is 1. The molecule has 0 aliphatic rings. The van der Waals surface area contributed by atoms with Gasteiger partial charge in [0.05, 0.1) is 23.2 Å². The fourth-order valence-corrected chi connectivity index (χ4v) is 3.74. The number of carbonyl (C=O) groups is 2. The Morgan fingerprint density at radius 2 is 1.72 bits per heavy atom. The van der Waals surface area contributed by atoms with Gasteiger partial charge in [0.2, 0.25) is 15.9 Å². The SMILES string of the molecule is CC[C@H](C)NC(=O)c1ccccc1NC(=O)CN(c1ccc(I)cc1)S(C)(=O)=O. The first-order chi connectivity index (χ1) is 13.6. The van der Waals surface area contributed by atoms with Crippen molar-refractivity contribution in [1.82, 2.24) is 5.32 Å². The first-order valence-corrected chi connectivity index (χ1v) is 12.0. The van der Waals surface area contributed by atoms with E-state index < -0.39 is 22.5 Å². The molecule has 2 rings (SSSR count). The van der Waals surface area contributed by atoms with E-state index in [0.717, 1.165) is 20.6 Å². The van der Waals surface area contributed by atoms with Gasteiger partial charge in [-0.25, -0.2) is 8.42 Å². The predicted molar refractivity (Wildman–Crippen MR) is 124 cm³/mol. The number of amides is 2. The third-order valence-electron chi connectivity index (χ3n) is 4.24. The maximum atomic E-state index is 12.6. The number of hydrogen-bond donors (Lipinski definition) is 2. The molecule has 0 saturated carbocycles. The van der Waals surface area contributed by atoms with Gasteiger partial charge >= 0.3 is 0 Å². The van der Waals surface area contributed by atoms with Gasteiger partial charge in [0.1, 0.15) is 6.54 Å². The number of carbonyl (C=O) groups excluding carboxylic acids is 2. The highest BCUT2D eigenvalue weighted by molar-refractivity contribution is 14.1. The molecule has 0 fully saturated rings. The van der Waals surface area contributed by atoms with E-state index in [2.05, 4.69) is 33.2 Å². The molecular formula is C20H24IN3O4S. The minimum atomic E-state index is -3.67. The normalized spacial score (nSPS) is 12.1. The monoisotopic (exact) mass is 529 g/mol. The van der Waals surface area contributed by atoms with Crippen LogP contribution in [0.4, 0.5) is 11.4 Å². The lowest BCUT2D eigenvalue weighted by Gasteiger charge is -2.22. The molecule has 0 heterocycles. The van der Waals surface area contributed by atoms with E-state index >= 15 is 0 Å². The van der Waals surface area contributed by atoms with E-state index in [4.69, 9.17) is 0 Å². The van der Waals surface area contributed by atoms with Crippen LogP contribution in [0.1, 0.15) is 30.6 Å². The summed E-state index contributed by atoms with van der Waals surface area (Å²) < 4.78 is 26.4. The molecule has 7 nitrogen and oxygen atoms in total. The molecule has 9 heteroatoms. The Balaban J connectivity index is 2.21. The molecule has 0 unspecified atom stereocenters. The van der Waals surface area contributed by atoms with Crippen LogP contribution in [0.15, 0.2) is 48.5 Å². The van der Waals surface area contributed by atoms with Crippen molar-refractivity contribution in [3.63, 3.8) is 0 Å². The van der Waals surface area contributed by atoms with Crippen LogP contribution < -0.4 is 14.9 Å². The van der Waals surface area contributed by atoms with Crippen molar-refractivity contribution < 1.29 is 18.0 Å². The number of rotatable bonds is 8. The summed E-state index contributed by atoms with van der Waals surface area (Å²) in [5.41, 5.74) is 1.04. The van der Waals surface area contributed by atoms with Crippen molar-refractivity contribution in [2.24, 2.45) is 0 Å². The molecule has 0 aliphatic carbocycles. The Bertz CT molecular complexity index is 977. The summed E-state index contributed by atoms with van der Waals surface area (Å²) in [6.07, 6.45) is 1.82. The van der Waals surface area contributed by atoms with Crippen molar-refractivity contribution in [3.8, 4) is 0 Å². The quantitative estimate of drug-likeness (QED) is 0.514. The maximum absolute atomic E-state index is 12.6. The van der Waals surface area contributed by atoms with E-state index in [1.807, 2.05) is 13.8 Å². The standard InChI is InChI=1S/C20H24IN3O4S/c1-4-14(2)22-20(26)17-7-5-6-8-18(17)23-19(25)13-24(29(3,27)28)16-11-9-15(21)10-12-16/h5-12,14H,4,13H2,1-3H3,(H,22,26)(H,23,25)/t14-/m0/s1. The lowest BCUT2D eigenvalue weighted by Crippen LogP contribution is -2.38. The molecule has 0 aliphatic heterocycles. The molecule has 2 aromatic rings. The second kappa shape index (κ2) is 10.1. The average Bonchev–Trinajstić information content (AvgIpc) is 2.66. The van der Waals surface area contributed by atoms with Crippen LogP contribution >= 0.6 is 22.6 Å². The number of nitrogens with zero attached hydrogens (tertiary/aromatic N) is 1. The number of para-hydroxylation sites is 1. The Kier molecular flexibility index (Phi) is 8.03. The summed E-state index contributed by atoms with van der Waals surface area (Å²) in [6, 6.07) is 13.4. The molecule has 0 spiro atoms. The fourth-order valence-electron chi connectivity index (χ4n) is 2.52. The van der Waals surface area contributed by atoms with Gasteiger partial charge in [-0.1, -0.05) is 19.1 Å². The van der Waals surface area contributed by atoms with Gasteiger partial charge in [-0.15, -0.1) is 0 Å². The third-order valence-corrected chi connectivity index (χ3v) is 6.10. The lowest BCUT2D eigenvalue weighted by atomic mass is 10.1. The number of benzene rings is 2. The second-order valence-electron chi connectivity index (χ2n) is 6.62. The van der Waals surface area contributed by atoms with Crippen LogP contribution in [0.3, 0.4) is 0 Å². The van der Waals surface area contributed by atoms with Crippen LogP contribution in [0.25, 0.3) is 0 Å². The summed E-state index contributed by atoms with van der Waals surface area (Å²) in [7, 11) is -3.67. The largest absolute Gasteiger partial charge is 0.350 e. The third kappa shape index (κ3) is 6.70.